The third-order valence-electron chi connectivity index (χ3n) is 11.0. The van der Waals surface area contributed by atoms with Gasteiger partial charge in [0, 0.05) is 21.5 Å². The number of aromatic nitrogens is 1. The van der Waals surface area contributed by atoms with Gasteiger partial charge in [-0.05, 0) is 92.0 Å². The van der Waals surface area contributed by atoms with E-state index in [4.69, 9.17) is 0 Å². The monoisotopic (exact) mass is 605 g/mol. The summed E-state index contributed by atoms with van der Waals surface area (Å²) in [6, 6.07) is 54.9. The first-order chi connectivity index (χ1) is 23.7. The van der Waals surface area contributed by atoms with E-state index in [-0.39, 0.29) is 0 Å². The van der Waals surface area contributed by atoms with Crippen LogP contribution in [0.3, 0.4) is 0 Å². The molecule has 0 N–H and O–H groups in total. The largest absolute Gasteiger partial charge is 0.308 e. The second kappa shape index (κ2) is 8.77. The van der Waals surface area contributed by atoms with Gasteiger partial charge >= 0.3 is 0 Å². The maximum absolute atomic E-state index is 9.82. The Hall–Kier alpha value is -6.68. The minimum Gasteiger partial charge on any atom is -0.308 e. The van der Waals surface area contributed by atoms with E-state index in [0.29, 0.717) is 11.1 Å². The molecule has 0 atom stereocenters. The molecule has 11 rings (SSSR count). The maximum atomic E-state index is 9.82. The topological polar surface area (TPSA) is 52.0 Å². The molecule has 2 aliphatic carbocycles. The zero-order chi connectivity index (χ0) is 31.7. The first-order valence-corrected chi connectivity index (χ1v) is 16.2. The van der Waals surface area contributed by atoms with Gasteiger partial charge in [0.15, 0.2) is 0 Å². The predicted molar refractivity (Wildman–Crippen MR) is 192 cm³/mol. The van der Waals surface area contributed by atoms with Crippen LogP contribution in [0.4, 0.5) is 0 Å². The Morgan fingerprint density at radius 2 is 0.896 bits per heavy atom. The fourth-order valence-electron chi connectivity index (χ4n) is 9.24. The van der Waals surface area contributed by atoms with Crippen LogP contribution in [-0.2, 0) is 5.41 Å². The molecule has 2 aliphatic rings. The van der Waals surface area contributed by atoms with Crippen molar-refractivity contribution in [2.45, 2.75) is 5.41 Å². The summed E-state index contributed by atoms with van der Waals surface area (Å²) >= 11 is 0. The Balaban J connectivity index is 1.31. The highest BCUT2D eigenvalue weighted by molar-refractivity contribution is 6.24. The lowest BCUT2D eigenvalue weighted by Crippen LogP contribution is -2.26. The lowest BCUT2D eigenvalue weighted by molar-refractivity contribution is 0.796. The smallest absolute Gasteiger partial charge is 0.0992 e. The average Bonchev–Trinajstić information content (AvgIpc) is 3.85. The number of benzene rings is 7. The van der Waals surface area contributed by atoms with Gasteiger partial charge in [0.2, 0.25) is 0 Å². The molecule has 3 nitrogen and oxygen atoms in total. The van der Waals surface area contributed by atoms with Crippen molar-refractivity contribution < 1.29 is 0 Å². The molecule has 1 spiro atoms. The molecule has 0 unspecified atom stereocenters. The first-order valence-electron chi connectivity index (χ1n) is 16.2. The van der Waals surface area contributed by atoms with Crippen LogP contribution in [-0.4, -0.2) is 4.40 Å². The first kappa shape index (κ1) is 25.5. The van der Waals surface area contributed by atoms with Gasteiger partial charge in [0.25, 0.3) is 0 Å². The molecule has 0 fully saturated rings. The van der Waals surface area contributed by atoms with Crippen LogP contribution in [0.5, 0.6) is 0 Å². The standard InChI is InChI=1S/C45H23N3/c46-24-26-16-18-33-36-22-28(23-37-34-19-17-27(25-47)21-42(34)48(44(36)37)41(33)20-26)29-11-7-12-35-32-10-3-6-15-40(32)45(43(29)35)38-13-4-1-8-30(38)31-9-2-5-14-39(31)45/h1-23H. The molecule has 0 bridgehead atoms. The van der Waals surface area contributed by atoms with Crippen LogP contribution >= 0.6 is 0 Å². The molecule has 218 valence electrons. The molecule has 0 saturated heterocycles. The fourth-order valence-corrected chi connectivity index (χ4v) is 9.24. The van der Waals surface area contributed by atoms with Gasteiger partial charge in [0.05, 0.1) is 45.2 Å². The highest BCUT2D eigenvalue weighted by Gasteiger charge is 2.52. The van der Waals surface area contributed by atoms with Crippen molar-refractivity contribution in [3.8, 4) is 45.5 Å². The van der Waals surface area contributed by atoms with E-state index in [1.54, 1.807) is 0 Å². The van der Waals surface area contributed by atoms with Gasteiger partial charge in [-0.1, -0.05) is 103 Å². The van der Waals surface area contributed by atoms with E-state index in [1.807, 2.05) is 24.3 Å². The van der Waals surface area contributed by atoms with Crippen LogP contribution in [0.25, 0.3) is 71.5 Å². The lowest BCUT2D eigenvalue weighted by atomic mass is 9.68. The summed E-state index contributed by atoms with van der Waals surface area (Å²) in [5, 5.41) is 24.1. The molecule has 48 heavy (non-hydrogen) atoms. The number of hydrogen-bond donors (Lipinski definition) is 0. The number of nitrogens with zero attached hydrogens (tertiary/aromatic N) is 3. The molecule has 0 amide bonds. The Bertz CT molecular complexity index is 2820. The summed E-state index contributed by atoms with van der Waals surface area (Å²) < 4.78 is 2.25. The molecular formula is C45H23N3. The summed E-state index contributed by atoms with van der Waals surface area (Å²) in [7, 11) is 0. The Morgan fingerprint density at radius 1 is 0.438 bits per heavy atom. The molecular weight excluding hydrogens is 583 g/mol. The summed E-state index contributed by atoms with van der Waals surface area (Å²) in [4.78, 5) is 0. The van der Waals surface area contributed by atoms with Crippen molar-refractivity contribution in [3.63, 3.8) is 0 Å². The maximum Gasteiger partial charge on any atom is 0.0992 e. The minimum atomic E-state index is -0.458. The van der Waals surface area contributed by atoms with Crippen molar-refractivity contribution in [2.75, 3.05) is 0 Å². The molecule has 2 heterocycles. The Kier molecular flexibility index (Phi) is 4.66. The van der Waals surface area contributed by atoms with Gasteiger partial charge < -0.3 is 4.40 Å². The van der Waals surface area contributed by atoms with Crippen molar-refractivity contribution in [1.29, 1.82) is 10.5 Å². The number of nitriles is 2. The molecule has 0 aliphatic heterocycles. The van der Waals surface area contributed by atoms with E-state index in [2.05, 4.69) is 132 Å². The second-order valence-corrected chi connectivity index (χ2v) is 13.1. The van der Waals surface area contributed by atoms with Gasteiger partial charge in [-0.3, -0.25) is 0 Å². The Morgan fingerprint density at radius 3 is 1.42 bits per heavy atom. The zero-order valence-electron chi connectivity index (χ0n) is 25.6. The van der Waals surface area contributed by atoms with E-state index < -0.39 is 5.41 Å². The number of fused-ring (bicyclic) bond motifs is 16. The third-order valence-corrected chi connectivity index (χ3v) is 11.0. The van der Waals surface area contributed by atoms with Crippen molar-refractivity contribution in [3.05, 3.63) is 173 Å². The molecule has 0 saturated carbocycles. The summed E-state index contributed by atoms with van der Waals surface area (Å²) in [5.74, 6) is 0. The Labute approximate surface area is 276 Å². The van der Waals surface area contributed by atoms with E-state index in [1.165, 1.54) is 50.1 Å². The van der Waals surface area contributed by atoms with E-state index >= 15 is 0 Å². The van der Waals surface area contributed by atoms with Crippen LogP contribution in [0, 0.1) is 22.7 Å². The third kappa shape index (κ3) is 2.85. The van der Waals surface area contributed by atoms with Crippen LogP contribution in [0.2, 0.25) is 0 Å². The molecule has 0 radical (unpaired) electrons. The average molecular weight is 606 g/mol. The van der Waals surface area contributed by atoms with Gasteiger partial charge in [-0.2, -0.15) is 10.5 Å². The molecule has 9 aromatic rings. The van der Waals surface area contributed by atoms with Crippen LogP contribution in [0.1, 0.15) is 33.4 Å². The van der Waals surface area contributed by atoms with Crippen LogP contribution in [0.15, 0.2) is 140 Å². The predicted octanol–water partition coefficient (Wildman–Crippen LogP) is 10.6. The summed E-state index contributed by atoms with van der Waals surface area (Å²) in [5.41, 5.74) is 16.7. The minimum absolute atomic E-state index is 0.458. The van der Waals surface area contributed by atoms with Crippen molar-refractivity contribution in [1.82, 2.24) is 4.40 Å². The van der Waals surface area contributed by atoms with Gasteiger partial charge in [0.1, 0.15) is 0 Å². The van der Waals surface area contributed by atoms with E-state index in [9.17, 15) is 10.5 Å². The van der Waals surface area contributed by atoms with Crippen molar-refractivity contribution >= 4 is 38.1 Å². The van der Waals surface area contributed by atoms with Gasteiger partial charge in [-0.15, -0.1) is 0 Å². The lowest BCUT2D eigenvalue weighted by Gasteiger charge is -2.32. The summed E-state index contributed by atoms with van der Waals surface area (Å²) in [6.45, 7) is 0. The summed E-state index contributed by atoms with van der Waals surface area (Å²) in [6.07, 6.45) is 0. The molecule has 7 aromatic carbocycles. The second-order valence-electron chi connectivity index (χ2n) is 13.1. The molecule has 2 aromatic heterocycles. The fraction of sp³-hybridized carbons (Fsp3) is 0.0222. The number of hydrogen-bond acceptors (Lipinski definition) is 2. The highest BCUT2D eigenvalue weighted by atomic mass is 14.9. The van der Waals surface area contributed by atoms with Crippen molar-refractivity contribution in [2.24, 2.45) is 0 Å². The highest BCUT2D eigenvalue weighted by Crippen LogP contribution is 2.64. The van der Waals surface area contributed by atoms with Gasteiger partial charge in [-0.25, -0.2) is 0 Å². The zero-order valence-corrected chi connectivity index (χ0v) is 25.6. The van der Waals surface area contributed by atoms with Crippen LogP contribution < -0.4 is 0 Å². The normalized spacial score (nSPS) is 13.5. The molecule has 3 heteroatoms. The quantitative estimate of drug-likeness (QED) is 0.187. The SMILES string of the molecule is N#Cc1ccc2c3cc(-c4cccc5c4C4(c6ccccc6-c6ccccc64)c4ccccc4-5)cc4c5ccc(C#N)cc5n(c2c1)c34. The van der Waals surface area contributed by atoms with E-state index in [0.717, 1.165) is 43.7 Å². The number of rotatable bonds is 1.